The second kappa shape index (κ2) is 8.32. The highest BCUT2D eigenvalue weighted by Gasteiger charge is 2.17. The van der Waals surface area contributed by atoms with Crippen molar-refractivity contribution in [3.05, 3.63) is 68.8 Å². The van der Waals surface area contributed by atoms with Crippen LogP contribution >= 0.6 is 23.1 Å². The van der Waals surface area contributed by atoms with Crippen LogP contribution in [0.2, 0.25) is 0 Å². The van der Waals surface area contributed by atoms with Crippen molar-refractivity contribution in [3.63, 3.8) is 0 Å². The van der Waals surface area contributed by atoms with Crippen molar-refractivity contribution >= 4 is 23.1 Å². The maximum absolute atomic E-state index is 12.6. The monoisotopic (exact) mass is 383 g/mol. The van der Waals surface area contributed by atoms with Gasteiger partial charge in [-0.1, -0.05) is 42.1 Å². The zero-order valence-corrected chi connectivity index (χ0v) is 15.8. The number of aliphatic hydroxyl groups excluding tert-OH is 1. The molecule has 3 rings (SSSR count). The third kappa shape index (κ3) is 3.88. The molecule has 3 aromatic rings. The Hall–Kier alpha value is -2.40. The summed E-state index contributed by atoms with van der Waals surface area (Å²) in [6, 6.07) is 13.7. The Morgan fingerprint density at radius 3 is 2.81 bits per heavy atom. The van der Waals surface area contributed by atoms with Crippen molar-refractivity contribution in [3.8, 4) is 16.6 Å². The highest BCUT2D eigenvalue weighted by molar-refractivity contribution is 7.98. The molecular weight excluding hydrogens is 366 g/mol. The van der Waals surface area contributed by atoms with Gasteiger partial charge in [0.15, 0.2) is 5.16 Å². The van der Waals surface area contributed by atoms with Gasteiger partial charge < -0.3 is 5.11 Å². The predicted molar refractivity (Wildman–Crippen MR) is 104 cm³/mol. The Balaban J connectivity index is 1.92. The molecule has 2 heterocycles. The van der Waals surface area contributed by atoms with Crippen LogP contribution in [0.1, 0.15) is 16.7 Å². The Kier molecular flexibility index (Phi) is 5.89. The summed E-state index contributed by atoms with van der Waals surface area (Å²) in [7, 11) is 1.64. The first kappa shape index (κ1) is 18.4. The normalized spacial score (nSPS) is 10.7. The minimum Gasteiger partial charge on any atom is -0.396 e. The molecule has 1 N–H and O–H groups in total. The van der Waals surface area contributed by atoms with Gasteiger partial charge in [0.2, 0.25) is 0 Å². The first-order valence-corrected chi connectivity index (χ1v) is 9.87. The fourth-order valence-electron chi connectivity index (χ4n) is 2.56. The molecule has 0 fully saturated rings. The van der Waals surface area contributed by atoms with Crippen LogP contribution in [0, 0.1) is 11.3 Å². The largest absolute Gasteiger partial charge is 0.396 e. The lowest BCUT2D eigenvalue weighted by molar-refractivity contribution is 0.299. The second-order valence-corrected chi connectivity index (χ2v) is 7.54. The molecule has 0 aliphatic heterocycles. The van der Waals surface area contributed by atoms with Gasteiger partial charge in [-0.3, -0.25) is 9.36 Å². The van der Waals surface area contributed by atoms with Crippen molar-refractivity contribution in [1.29, 1.82) is 5.26 Å². The lowest BCUT2D eigenvalue weighted by Crippen LogP contribution is -2.23. The molecular formula is C19H17N3O2S2. The molecule has 0 saturated heterocycles. The summed E-state index contributed by atoms with van der Waals surface area (Å²) in [4.78, 5) is 18.0. The highest BCUT2D eigenvalue weighted by Crippen LogP contribution is 2.28. The van der Waals surface area contributed by atoms with Crippen molar-refractivity contribution in [1.82, 2.24) is 9.55 Å². The molecule has 0 bridgehead atoms. The molecule has 0 saturated carbocycles. The van der Waals surface area contributed by atoms with Crippen LogP contribution in [-0.4, -0.2) is 21.3 Å². The Morgan fingerprint density at radius 1 is 1.31 bits per heavy atom. The third-order valence-electron chi connectivity index (χ3n) is 3.88. The summed E-state index contributed by atoms with van der Waals surface area (Å²) in [5.74, 6) is 0.648. The van der Waals surface area contributed by atoms with E-state index in [0.717, 1.165) is 16.0 Å². The van der Waals surface area contributed by atoms with E-state index in [1.54, 1.807) is 7.05 Å². The number of benzene rings is 1. The minimum absolute atomic E-state index is 0.0734. The molecule has 0 radical (unpaired) electrons. The van der Waals surface area contributed by atoms with Gasteiger partial charge in [-0.15, -0.1) is 11.3 Å². The summed E-state index contributed by atoms with van der Waals surface area (Å²) in [5.41, 5.74) is 2.36. The van der Waals surface area contributed by atoms with E-state index in [9.17, 15) is 10.1 Å². The number of rotatable bonds is 6. The van der Waals surface area contributed by atoms with Gasteiger partial charge in [-0.25, -0.2) is 4.98 Å². The van der Waals surface area contributed by atoms with E-state index >= 15 is 0 Å². The highest BCUT2D eigenvalue weighted by atomic mass is 32.2. The Bertz CT molecular complexity index is 1000. The Labute approximate surface area is 159 Å². The number of nitrogens with zero attached hydrogens (tertiary/aromatic N) is 3. The first-order valence-electron chi connectivity index (χ1n) is 8.00. The SMILES string of the molecule is Cn1c(SCc2cccc(CCO)c2)nc(-c2cccs2)c(C#N)c1=O. The average molecular weight is 383 g/mol. The smallest absolute Gasteiger partial charge is 0.272 e. The van der Waals surface area contributed by atoms with E-state index in [2.05, 4.69) is 4.98 Å². The van der Waals surface area contributed by atoms with E-state index in [0.29, 0.717) is 23.0 Å². The van der Waals surface area contributed by atoms with Crippen LogP contribution in [-0.2, 0) is 19.2 Å². The van der Waals surface area contributed by atoms with Crippen LogP contribution in [0.25, 0.3) is 10.6 Å². The lowest BCUT2D eigenvalue weighted by atomic mass is 10.1. The topological polar surface area (TPSA) is 78.9 Å². The molecule has 7 heteroatoms. The van der Waals surface area contributed by atoms with Crippen molar-refractivity contribution in [2.45, 2.75) is 17.3 Å². The van der Waals surface area contributed by atoms with E-state index in [1.807, 2.05) is 47.8 Å². The quantitative estimate of drug-likeness (QED) is 0.522. The molecule has 132 valence electrons. The van der Waals surface area contributed by atoms with Gasteiger partial charge in [0.1, 0.15) is 17.3 Å². The van der Waals surface area contributed by atoms with Crippen molar-refractivity contribution in [2.75, 3.05) is 6.61 Å². The maximum Gasteiger partial charge on any atom is 0.272 e. The first-order chi connectivity index (χ1) is 12.6. The number of hydrogen-bond donors (Lipinski definition) is 1. The fraction of sp³-hybridized carbons (Fsp3) is 0.211. The maximum atomic E-state index is 12.6. The van der Waals surface area contributed by atoms with Crippen molar-refractivity contribution < 1.29 is 5.11 Å². The predicted octanol–water partition coefficient (Wildman–Crippen LogP) is 3.21. The summed E-state index contributed by atoms with van der Waals surface area (Å²) in [6.45, 7) is 0.118. The second-order valence-electron chi connectivity index (χ2n) is 5.65. The van der Waals surface area contributed by atoms with Crippen LogP contribution < -0.4 is 5.56 Å². The molecule has 0 aliphatic rings. The van der Waals surface area contributed by atoms with Gasteiger partial charge in [-0.2, -0.15) is 5.26 Å². The summed E-state index contributed by atoms with van der Waals surface area (Å²) < 4.78 is 1.43. The van der Waals surface area contributed by atoms with Gasteiger partial charge in [0.25, 0.3) is 5.56 Å². The number of nitriles is 1. The molecule has 1 aromatic carbocycles. The molecule has 0 spiro atoms. The molecule has 26 heavy (non-hydrogen) atoms. The summed E-state index contributed by atoms with van der Waals surface area (Å²) >= 11 is 2.91. The van der Waals surface area contributed by atoms with Gasteiger partial charge in [0.05, 0.1) is 4.88 Å². The standard InChI is InChI=1S/C19H17N3O2S2/c1-22-18(24)15(11-20)17(16-6-3-9-25-16)21-19(22)26-12-14-5-2-4-13(10-14)7-8-23/h2-6,9-10,23H,7-8,12H2,1H3. The molecule has 0 amide bonds. The molecule has 2 aromatic heterocycles. The van der Waals surface area contributed by atoms with E-state index in [1.165, 1.54) is 27.7 Å². The number of aliphatic hydroxyl groups is 1. The van der Waals surface area contributed by atoms with Crippen LogP contribution in [0.5, 0.6) is 0 Å². The third-order valence-corrected chi connectivity index (χ3v) is 5.85. The Morgan fingerprint density at radius 2 is 2.12 bits per heavy atom. The molecule has 0 aliphatic carbocycles. The van der Waals surface area contributed by atoms with E-state index < -0.39 is 0 Å². The summed E-state index contributed by atoms with van der Waals surface area (Å²) in [6.07, 6.45) is 0.620. The zero-order chi connectivity index (χ0) is 18.5. The van der Waals surface area contributed by atoms with Gasteiger partial charge >= 0.3 is 0 Å². The number of thioether (sulfide) groups is 1. The summed E-state index contributed by atoms with van der Waals surface area (Å²) in [5, 5.41) is 20.9. The number of aromatic nitrogens is 2. The van der Waals surface area contributed by atoms with E-state index in [4.69, 9.17) is 5.11 Å². The minimum atomic E-state index is -0.331. The molecule has 5 nitrogen and oxygen atoms in total. The number of thiophene rings is 1. The average Bonchev–Trinajstić information content (AvgIpc) is 3.18. The van der Waals surface area contributed by atoms with Crippen LogP contribution in [0.15, 0.2) is 51.7 Å². The van der Waals surface area contributed by atoms with Gasteiger partial charge in [-0.05, 0) is 29.0 Å². The fourth-order valence-corrected chi connectivity index (χ4v) is 4.18. The van der Waals surface area contributed by atoms with Crippen molar-refractivity contribution in [2.24, 2.45) is 7.05 Å². The van der Waals surface area contributed by atoms with Crippen LogP contribution in [0.4, 0.5) is 0 Å². The zero-order valence-electron chi connectivity index (χ0n) is 14.2. The van der Waals surface area contributed by atoms with E-state index in [-0.39, 0.29) is 17.7 Å². The van der Waals surface area contributed by atoms with Gasteiger partial charge in [0, 0.05) is 19.4 Å². The molecule has 0 unspecified atom stereocenters. The number of hydrogen-bond acceptors (Lipinski definition) is 6. The lowest BCUT2D eigenvalue weighted by Gasteiger charge is -2.10. The van der Waals surface area contributed by atoms with Crippen LogP contribution in [0.3, 0.4) is 0 Å². The molecule has 0 atom stereocenters.